The van der Waals surface area contributed by atoms with Crippen LogP contribution >= 0.6 is 23.2 Å². The standard InChI is InChI=1S/C22H12Cl2F2N4O4/c23-9-3-1-5-11(25)8(9)7-13-21(32)33-19-16(18(27)31)15(14-10(24)4-2-6-12(14)26)17-20(30(13)19)34-22(28)29-17/h1-7,15H,(H2,27,31)(H2,28,29)/b13-7+/t15-/m0/s1. The number of halogens is 4. The molecular formula is C22H12Cl2F2N4O4. The molecule has 1 aliphatic heterocycles. The van der Waals surface area contributed by atoms with E-state index in [0.717, 1.165) is 22.8 Å². The third kappa shape index (κ3) is 3.22. The molecule has 0 saturated heterocycles. The van der Waals surface area contributed by atoms with E-state index in [1.165, 1.54) is 24.3 Å². The minimum absolute atomic E-state index is 0.0122. The molecule has 172 valence electrons. The molecule has 0 bridgehead atoms. The van der Waals surface area contributed by atoms with Gasteiger partial charge in [-0.1, -0.05) is 35.3 Å². The van der Waals surface area contributed by atoms with Crippen LogP contribution in [-0.4, -0.2) is 15.5 Å². The highest BCUT2D eigenvalue weighted by atomic mass is 35.5. The Labute approximate surface area is 198 Å². The second-order valence-corrected chi connectivity index (χ2v) is 8.10. The number of fused-ring (bicyclic) bond motifs is 3. The summed E-state index contributed by atoms with van der Waals surface area (Å²) in [6, 6.07) is 7.52. The molecule has 0 fully saturated rings. The van der Waals surface area contributed by atoms with Crippen molar-refractivity contribution in [1.29, 1.82) is 0 Å². The number of aromatic nitrogens is 2. The molecule has 1 amide bonds. The Morgan fingerprint density at radius 1 is 1.09 bits per heavy atom. The molecule has 34 heavy (non-hydrogen) atoms. The molecule has 1 aliphatic rings. The van der Waals surface area contributed by atoms with Crippen LogP contribution in [0.2, 0.25) is 10.0 Å². The van der Waals surface area contributed by atoms with Crippen molar-refractivity contribution in [3.63, 3.8) is 0 Å². The number of oxazole rings is 2. The van der Waals surface area contributed by atoms with Crippen LogP contribution in [0.15, 0.2) is 50.0 Å². The number of anilines is 1. The molecule has 12 heteroatoms. The maximum atomic E-state index is 14.9. The molecular weight excluding hydrogens is 493 g/mol. The van der Waals surface area contributed by atoms with Crippen LogP contribution in [0.4, 0.5) is 14.8 Å². The lowest BCUT2D eigenvalue weighted by molar-refractivity contribution is -0.113. The van der Waals surface area contributed by atoms with E-state index in [0.29, 0.717) is 0 Å². The number of carbonyl (C=O) groups is 1. The van der Waals surface area contributed by atoms with Gasteiger partial charge in [-0.05, 0) is 30.3 Å². The van der Waals surface area contributed by atoms with Crippen molar-refractivity contribution < 1.29 is 22.4 Å². The van der Waals surface area contributed by atoms with Gasteiger partial charge in [0.05, 0.1) is 16.5 Å². The Bertz CT molecular complexity index is 1650. The second kappa shape index (κ2) is 7.86. The molecule has 3 heterocycles. The predicted octanol–water partition coefficient (Wildman–Crippen LogP) is 2.20. The third-order valence-electron chi connectivity index (χ3n) is 5.32. The SMILES string of the molecule is NC(=O)C1=c2oc(=O)/c(=C\c3c(F)cccc3Cl)n2-c2oc(N)nc2[C@H]1c1c(F)cccc1Cl. The number of benzene rings is 2. The minimum Gasteiger partial charge on any atom is -0.406 e. The Morgan fingerprint density at radius 2 is 1.76 bits per heavy atom. The van der Waals surface area contributed by atoms with Gasteiger partial charge in [-0.3, -0.25) is 4.79 Å². The van der Waals surface area contributed by atoms with Gasteiger partial charge in [-0.25, -0.2) is 18.1 Å². The van der Waals surface area contributed by atoms with Gasteiger partial charge < -0.3 is 20.3 Å². The van der Waals surface area contributed by atoms with E-state index in [2.05, 4.69) is 4.98 Å². The number of primary amides is 1. The number of nitrogens with zero attached hydrogens (tertiary/aromatic N) is 2. The Hall–Kier alpha value is -3.89. The molecule has 5 rings (SSSR count). The number of hydrogen-bond donors (Lipinski definition) is 2. The molecule has 4 N–H and O–H groups in total. The maximum absolute atomic E-state index is 14.9. The lowest BCUT2D eigenvalue weighted by Gasteiger charge is -2.22. The van der Waals surface area contributed by atoms with E-state index < -0.39 is 29.1 Å². The average Bonchev–Trinajstić information content (AvgIpc) is 3.29. The Morgan fingerprint density at radius 3 is 2.41 bits per heavy atom. The zero-order valence-electron chi connectivity index (χ0n) is 16.8. The maximum Gasteiger partial charge on any atom is 0.362 e. The molecule has 0 unspecified atom stereocenters. The molecule has 2 aromatic carbocycles. The van der Waals surface area contributed by atoms with Crippen molar-refractivity contribution in [2.75, 3.05) is 5.73 Å². The van der Waals surface area contributed by atoms with Crippen molar-refractivity contribution in [2.45, 2.75) is 5.92 Å². The zero-order valence-corrected chi connectivity index (χ0v) is 18.3. The largest absolute Gasteiger partial charge is 0.406 e. The highest BCUT2D eigenvalue weighted by Crippen LogP contribution is 2.41. The second-order valence-electron chi connectivity index (χ2n) is 7.28. The predicted molar refractivity (Wildman–Crippen MR) is 119 cm³/mol. The van der Waals surface area contributed by atoms with E-state index in [1.807, 2.05) is 0 Å². The first-order valence-corrected chi connectivity index (χ1v) is 10.4. The van der Waals surface area contributed by atoms with Crippen LogP contribution in [0.3, 0.4) is 0 Å². The lowest BCUT2D eigenvalue weighted by Crippen LogP contribution is -2.39. The Kier molecular flexibility index (Phi) is 5.07. The molecule has 0 aliphatic carbocycles. The van der Waals surface area contributed by atoms with Crippen LogP contribution in [0.1, 0.15) is 22.7 Å². The zero-order chi connectivity index (χ0) is 24.3. The number of nitrogens with two attached hydrogens (primary N) is 2. The van der Waals surface area contributed by atoms with E-state index >= 15 is 0 Å². The summed E-state index contributed by atoms with van der Waals surface area (Å²) in [6.45, 7) is 0. The van der Waals surface area contributed by atoms with Gasteiger partial charge >= 0.3 is 5.63 Å². The molecule has 2 aromatic heterocycles. The highest BCUT2D eigenvalue weighted by molar-refractivity contribution is 6.32. The van der Waals surface area contributed by atoms with E-state index in [1.54, 1.807) is 0 Å². The van der Waals surface area contributed by atoms with Gasteiger partial charge in [0.25, 0.3) is 11.9 Å². The van der Waals surface area contributed by atoms with Gasteiger partial charge in [-0.15, -0.1) is 0 Å². The summed E-state index contributed by atoms with van der Waals surface area (Å²) >= 11 is 12.4. The first-order chi connectivity index (χ1) is 16.2. The molecule has 0 saturated carbocycles. The first-order valence-electron chi connectivity index (χ1n) is 9.61. The van der Waals surface area contributed by atoms with Crippen molar-refractivity contribution in [1.82, 2.24) is 9.55 Å². The van der Waals surface area contributed by atoms with E-state index in [4.69, 9.17) is 43.5 Å². The summed E-state index contributed by atoms with van der Waals surface area (Å²) in [4.78, 5) is 29.5. The molecule has 0 radical (unpaired) electrons. The molecule has 8 nitrogen and oxygen atoms in total. The van der Waals surface area contributed by atoms with Crippen molar-refractivity contribution >= 4 is 46.8 Å². The quantitative estimate of drug-likeness (QED) is 0.439. The summed E-state index contributed by atoms with van der Waals surface area (Å²) in [6.07, 6.45) is 1.12. The number of rotatable bonds is 3. The van der Waals surface area contributed by atoms with Crippen LogP contribution in [0, 0.1) is 11.6 Å². The fourth-order valence-electron chi connectivity index (χ4n) is 3.94. The topological polar surface area (TPSA) is 130 Å². The van der Waals surface area contributed by atoms with Gasteiger partial charge in [-0.2, -0.15) is 4.98 Å². The number of amides is 1. The van der Waals surface area contributed by atoms with E-state index in [-0.39, 0.29) is 55.2 Å². The molecule has 1 atom stereocenters. The first kappa shape index (κ1) is 21.9. The average molecular weight is 505 g/mol. The molecule has 4 aromatic rings. The van der Waals surface area contributed by atoms with Gasteiger partial charge in [0.1, 0.15) is 22.7 Å². The number of nitrogen functional groups attached to an aromatic ring is 1. The highest BCUT2D eigenvalue weighted by Gasteiger charge is 2.40. The lowest BCUT2D eigenvalue weighted by atomic mass is 9.86. The summed E-state index contributed by atoms with van der Waals surface area (Å²) in [5.41, 5.74) is 9.41. The normalized spacial score (nSPS) is 15.4. The van der Waals surface area contributed by atoms with Crippen molar-refractivity contribution in [3.05, 3.63) is 96.2 Å². The van der Waals surface area contributed by atoms with E-state index in [9.17, 15) is 18.4 Å². The van der Waals surface area contributed by atoms with Crippen LogP contribution in [0.5, 0.6) is 0 Å². The molecule has 0 spiro atoms. The number of carbonyl (C=O) groups excluding carboxylic acids is 1. The smallest absolute Gasteiger partial charge is 0.362 e. The Balaban J connectivity index is 1.97. The van der Waals surface area contributed by atoms with Crippen molar-refractivity contribution in [2.24, 2.45) is 5.73 Å². The van der Waals surface area contributed by atoms with Gasteiger partial charge in [0.2, 0.25) is 11.4 Å². The summed E-state index contributed by atoms with van der Waals surface area (Å²) in [5, 5.41) is -0.294. The van der Waals surface area contributed by atoms with Crippen LogP contribution in [0.25, 0.3) is 17.5 Å². The van der Waals surface area contributed by atoms with Crippen LogP contribution < -0.4 is 28.0 Å². The van der Waals surface area contributed by atoms with Gasteiger partial charge in [0.15, 0.2) is 0 Å². The summed E-state index contributed by atoms with van der Waals surface area (Å²) < 4.78 is 41.2. The van der Waals surface area contributed by atoms with Gasteiger partial charge in [0, 0.05) is 16.1 Å². The van der Waals surface area contributed by atoms with Crippen LogP contribution in [-0.2, 0) is 4.79 Å². The monoisotopic (exact) mass is 504 g/mol. The minimum atomic E-state index is -1.31. The fourth-order valence-corrected chi connectivity index (χ4v) is 4.43. The third-order valence-corrected chi connectivity index (χ3v) is 5.98. The summed E-state index contributed by atoms with van der Waals surface area (Å²) in [5.74, 6) is -4.00. The summed E-state index contributed by atoms with van der Waals surface area (Å²) in [7, 11) is 0. The number of hydrogen-bond acceptors (Lipinski definition) is 6. The fraction of sp³-hybridized carbons (Fsp3) is 0.0455. The van der Waals surface area contributed by atoms with Crippen molar-refractivity contribution in [3.8, 4) is 5.88 Å².